The molecule has 158 valence electrons. The zero-order valence-corrected chi connectivity index (χ0v) is 17.4. The van der Waals surface area contributed by atoms with Gasteiger partial charge < -0.3 is 4.90 Å². The van der Waals surface area contributed by atoms with Crippen LogP contribution in [-0.2, 0) is 13.4 Å². The molecule has 1 aromatic heterocycles. The van der Waals surface area contributed by atoms with Gasteiger partial charge in [-0.15, -0.1) is 0 Å². The van der Waals surface area contributed by atoms with Crippen LogP contribution in [0.15, 0.2) is 41.2 Å². The molecule has 1 unspecified atom stereocenters. The summed E-state index contributed by atoms with van der Waals surface area (Å²) in [6.45, 7) is -1.19. The molecule has 0 aliphatic carbocycles. The van der Waals surface area contributed by atoms with E-state index in [4.69, 9.17) is 4.11 Å². The first-order valence-electron chi connectivity index (χ1n) is 12.1. The molecule has 1 atom stereocenters. The normalized spacial score (nSPS) is 20.5. The number of fused-ring (bicyclic) bond motifs is 2. The Labute approximate surface area is 185 Å². The van der Waals surface area contributed by atoms with Crippen molar-refractivity contribution in [3.63, 3.8) is 0 Å². The van der Waals surface area contributed by atoms with Crippen molar-refractivity contribution in [2.24, 2.45) is 6.98 Å². The second-order valence-corrected chi connectivity index (χ2v) is 8.15. The van der Waals surface area contributed by atoms with Crippen LogP contribution in [0.5, 0.6) is 0 Å². The van der Waals surface area contributed by atoms with E-state index in [9.17, 15) is 4.79 Å². The van der Waals surface area contributed by atoms with Crippen molar-refractivity contribution in [2.45, 2.75) is 31.7 Å². The summed E-state index contributed by atoms with van der Waals surface area (Å²) < 4.78 is 39.0. The summed E-state index contributed by atoms with van der Waals surface area (Å²) in [7, 11) is 2.08. The Hall–Kier alpha value is -3.17. The van der Waals surface area contributed by atoms with E-state index >= 15 is 4.39 Å². The van der Waals surface area contributed by atoms with Crippen molar-refractivity contribution in [1.29, 1.82) is 0 Å². The number of anilines is 2. The van der Waals surface area contributed by atoms with Gasteiger partial charge in [0.15, 0.2) is 5.82 Å². The van der Waals surface area contributed by atoms with Crippen LogP contribution in [0.25, 0.3) is 10.9 Å². The average Bonchev–Trinajstić information content (AvgIpc) is 3.20. The molecule has 2 aliphatic rings. The van der Waals surface area contributed by atoms with Crippen molar-refractivity contribution >= 4 is 22.4 Å². The van der Waals surface area contributed by atoms with Crippen molar-refractivity contribution in [1.82, 2.24) is 14.5 Å². The smallest absolute Gasteiger partial charge is 0.325 e. The quantitative estimate of drug-likeness (QED) is 0.565. The Morgan fingerprint density at radius 3 is 2.87 bits per heavy atom. The van der Waals surface area contributed by atoms with E-state index in [1.165, 1.54) is 18.2 Å². The molecule has 5 nitrogen and oxygen atoms in total. The van der Waals surface area contributed by atoms with Crippen LogP contribution in [0.1, 0.15) is 34.5 Å². The summed E-state index contributed by atoms with van der Waals surface area (Å²) in [6.07, 6.45) is 3.78. The minimum Gasteiger partial charge on any atom is -0.325 e. The Morgan fingerprint density at radius 1 is 1.19 bits per heavy atom. The highest BCUT2D eigenvalue weighted by atomic mass is 19.1. The predicted octanol–water partition coefficient (Wildman–Crippen LogP) is 3.60. The highest BCUT2D eigenvalue weighted by Gasteiger charge is 2.25. The third kappa shape index (κ3) is 3.39. The molecule has 1 fully saturated rings. The first-order valence-corrected chi connectivity index (χ1v) is 10.6. The van der Waals surface area contributed by atoms with Crippen LogP contribution in [0.4, 0.5) is 15.9 Å². The van der Waals surface area contributed by atoms with Gasteiger partial charge in [-0.25, -0.2) is 9.18 Å². The van der Waals surface area contributed by atoms with Crippen molar-refractivity contribution < 1.29 is 8.50 Å². The van der Waals surface area contributed by atoms with Gasteiger partial charge in [-0.1, -0.05) is 24.0 Å². The van der Waals surface area contributed by atoms with E-state index < -0.39 is 18.5 Å². The summed E-state index contributed by atoms with van der Waals surface area (Å²) in [5.74, 6) is 6.26. The fraction of sp³-hybridized carbons (Fsp3) is 0.360. The van der Waals surface area contributed by atoms with E-state index in [1.807, 2.05) is 23.1 Å². The summed E-state index contributed by atoms with van der Waals surface area (Å²) >= 11 is 0. The van der Waals surface area contributed by atoms with E-state index in [0.29, 0.717) is 11.1 Å². The molecule has 0 amide bonds. The second-order valence-electron chi connectivity index (χ2n) is 8.15. The molecular weight excluding hydrogens is 391 g/mol. The molecule has 0 spiro atoms. The van der Waals surface area contributed by atoms with Crippen molar-refractivity contribution in [3.8, 4) is 11.8 Å². The van der Waals surface area contributed by atoms with Crippen LogP contribution in [0, 0.1) is 17.7 Å². The maximum atomic E-state index is 15.1. The van der Waals surface area contributed by atoms with Crippen LogP contribution >= 0.6 is 0 Å². The van der Waals surface area contributed by atoms with Crippen LogP contribution in [-0.4, -0.2) is 40.6 Å². The third-order valence-corrected chi connectivity index (χ3v) is 6.25. The fourth-order valence-corrected chi connectivity index (χ4v) is 4.63. The number of aromatic nitrogens is 2. The predicted molar refractivity (Wildman–Crippen MR) is 121 cm³/mol. The molecule has 3 heterocycles. The highest BCUT2D eigenvalue weighted by molar-refractivity contribution is 5.93. The maximum absolute atomic E-state index is 15.1. The molecule has 0 bridgehead atoms. The first kappa shape index (κ1) is 16.5. The van der Waals surface area contributed by atoms with Gasteiger partial charge in [-0.05, 0) is 69.1 Å². The molecule has 2 aromatic carbocycles. The molecule has 31 heavy (non-hydrogen) atoms. The highest BCUT2D eigenvalue weighted by Crippen LogP contribution is 2.37. The number of halogens is 1. The number of rotatable bonds is 1. The lowest BCUT2D eigenvalue weighted by Gasteiger charge is -2.32. The van der Waals surface area contributed by atoms with Crippen molar-refractivity contribution in [2.75, 3.05) is 25.0 Å². The minimum atomic E-state index is -2.77. The number of likely N-dealkylation sites (tertiary alicyclic amines) is 1. The SMILES string of the molecule is [2H]C([2H])([2H])n1c(=O)nc(N2CCCc3c(C#CC4CCCN4C)cccc32)c2c(F)cccc21. The van der Waals surface area contributed by atoms with Crippen molar-refractivity contribution in [3.05, 3.63) is 63.8 Å². The van der Waals surface area contributed by atoms with E-state index in [2.05, 4.69) is 28.8 Å². The van der Waals surface area contributed by atoms with Crippen LogP contribution < -0.4 is 10.6 Å². The second kappa shape index (κ2) is 7.82. The minimum absolute atomic E-state index is 0.00217. The topological polar surface area (TPSA) is 41.4 Å². The zero-order valence-electron chi connectivity index (χ0n) is 20.4. The van der Waals surface area contributed by atoms with Gasteiger partial charge in [0.25, 0.3) is 0 Å². The fourth-order valence-electron chi connectivity index (χ4n) is 4.63. The molecule has 2 aliphatic heterocycles. The molecule has 1 saturated heterocycles. The van der Waals surface area contributed by atoms with Gasteiger partial charge in [0.05, 0.1) is 16.9 Å². The third-order valence-electron chi connectivity index (χ3n) is 6.25. The lowest BCUT2D eigenvalue weighted by atomic mass is 9.96. The van der Waals surface area contributed by atoms with Gasteiger partial charge in [0, 0.05) is 28.9 Å². The number of hydrogen-bond donors (Lipinski definition) is 0. The number of benzene rings is 2. The maximum Gasteiger partial charge on any atom is 0.349 e. The van der Waals surface area contributed by atoms with E-state index in [-0.39, 0.29) is 22.8 Å². The summed E-state index contributed by atoms with van der Waals surface area (Å²) in [5.41, 5.74) is 1.85. The molecule has 5 rings (SSSR count). The molecule has 3 aromatic rings. The number of aryl methyl sites for hydroxylation is 1. The Bertz CT molecular complexity index is 1390. The molecule has 0 saturated carbocycles. The summed E-state index contributed by atoms with van der Waals surface area (Å²) in [5, 5.41) is 0.0233. The van der Waals surface area contributed by atoms with Gasteiger partial charge >= 0.3 is 5.69 Å². The molecular formula is C25H25FN4O. The average molecular weight is 420 g/mol. The molecule has 0 radical (unpaired) electrons. The van der Waals surface area contributed by atoms with Crippen LogP contribution in [0.3, 0.4) is 0 Å². The van der Waals surface area contributed by atoms with E-state index in [0.717, 1.165) is 49.0 Å². The Kier molecular flexibility index (Phi) is 4.17. The van der Waals surface area contributed by atoms with Crippen LogP contribution in [0.2, 0.25) is 0 Å². The zero-order chi connectivity index (χ0) is 24.0. The summed E-state index contributed by atoms with van der Waals surface area (Å²) in [6, 6.07) is 10.2. The Balaban J connectivity index is 1.66. The Morgan fingerprint density at radius 2 is 2.06 bits per heavy atom. The van der Waals surface area contributed by atoms with Gasteiger partial charge in [-0.2, -0.15) is 4.98 Å². The van der Waals surface area contributed by atoms with Gasteiger partial charge in [-0.3, -0.25) is 9.47 Å². The lowest BCUT2D eigenvalue weighted by Crippen LogP contribution is -2.30. The standard InChI is InChI=1S/C25H25FN4O/c1-28-15-5-8-18(28)14-13-17-7-3-11-21-19(17)9-6-16-30(21)24-23-20(26)10-4-12-22(23)29(2)25(31)27-24/h3-4,7,10-12,18H,5-6,8-9,15-16H2,1-2H3/i2D3. The monoisotopic (exact) mass is 419 g/mol. The molecule has 6 heteroatoms. The first-order chi connectivity index (χ1) is 16.3. The number of nitrogens with zero attached hydrogens (tertiary/aromatic N) is 4. The number of hydrogen-bond acceptors (Lipinski definition) is 4. The lowest BCUT2D eigenvalue weighted by molar-refractivity contribution is 0.365. The molecule has 0 N–H and O–H groups in total. The largest absolute Gasteiger partial charge is 0.349 e. The van der Waals surface area contributed by atoms with Gasteiger partial charge in [0.1, 0.15) is 5.82 Å². The van der Waals surface area contributed by atoms with Gasteiger partial charge in [0.2, 0.25) is 0 Å². The summed E-state index contributed by atoms with van der Waals surface area (Å²) in [4.78, 5) is 21.0. The van der Waals surface area contributed by atoms with E-state index in [1.54, 1.807) is 0 Å².